The number of nitrogens with zero attached hydrogens (tertiary/aromatic N) is 3. The van der Waals surface area contributed by atoms with E-state index in [-0.39, 0.29) is 17.3 Å². The molecule has 2 unspecified atom stereocenters. The van der Waals surface area contributed by atoms with Gasteiger partial charge in [-0.3, -0.25) is 25.0 Å². The fourth-order valence-electron chi connectivity index (χ4n) is 4.31. The minimum absolute atomic E-state index is 0.215. The zero-order valence-electron chi connectivity index (χ0n) is 19.8. The number of hydrogen-bond acceptors (Lipinski definition) is 8. The zero-order valence-corrected chi connectivity index (χ0v) is 19.8. The molecule has 2 aromatic rings. The van der Waals surface area contributed by atoms with Crippen LogP contribution in [0.25, 0.3) is 0 Å². The van der Waals surface area contributed by atoms with Gasteiger partial charge in [0.1, 0.15) is 5.69 Å². The van der Waals surface area contributed by atoms with Gasteiger partial charge in [0.2, 0.25) is 0 Å². The standard InChI is InChI=1S/C23H23F3N4O7/c1-13-7-14(2)11-28(10-13)19-6-3-15(8-20(19)30(35)36)22(32)37-12-21(31)27-18-5-4-16(29(33)34)9-17(18)23(24,25)26/h3-6,8-9,13-14H,7,10-12H2,1-2H3,(H,27,31). The molecule has 0 bridgehead atoms. The van der Waals surface area contributed by atoms with Crippen LogP contribution in [-0.2, 0) is 15.7 Å². The minimum Gasteiger partial charge on any atom is -0.452 e. The Labute approximate surface area is 208 Å². The number of halogens is 3. The maximum absolute atomic E-state index is 13.3. The molecule has 0 aliphatic carbocycles. The molecule has 1 amide bonds. The number of nitro groups is 2. The van der Waals surface area contributed by atoms with Gasteiger partial charge >= 0.3 is 12.1 Å². The molecule has 0 spiro atoms. The molecule has 1 aliphatic rings. The van der Waals surface area contributed by atoms with E-state index >= 15 is 0 Å². The lowest BCUT2D eigenvalue weighted by molar-refractivity contribution is -0.385. The van der Waals surface area contributed by atoms with Crippen LogP contribution in [0.3, 0.4) is 0 Å². The molecule has 37 heavy (non-hydrogen) atoms. The number of alkyl halides is 3. The van der Waals surface area contributed by atoms with Crippen LogP contribution in [0.5, 0.6) is 0 Å². The molecule has 2 atom stereocenters. The van der Waals surface area contributed by atoms with Crippen molar-refractivity contribution >= 4 is 34.6 Å². The van der Waals surface area contributed by atoms with Gasteiger partial charge in [0.05, 0.1) is 26.7 Å². The predicted molar refractivity (Wildman–Crippen MR) is 125 cm³/mol. The number of piperidine rings is 1. The summed E-state index contributed by atoms with van der Waals surface area (Å²) in [6, 6.07) is 5.52. The number of hydrogen-bond donors (Lipinski definition) is 1. The largest absolute Gasteiger partial charge is 0.452 e. The molecule has 1 heterocycles. The number of benzene rings is 2. The fourth-order valence-corrected chi connectivity index (χ4v) is 4.31. The van der Waals surface area contributed by atoms with E-state index in [1.54, 1.807) is 0 Å². The lowest BCUT2D eigenvalue weighted by Crippen LogP contribution is -2.39. The van der Waals surface area contributed by atoms with E-state index in [1.807, 2.05) is 24.1 Å². The van der Waals surface area contributed by atoms with Crippen LogP contribution < -0.4 is 10.2 Å². The van der Waals surface area contributed by atoms with Crippen molar-refractivity contribution in [2.24, 2.45) is 11.8 Å². The highest BCUT2D eigenvalue weighted by Crippen LogP contribution is 2.37. The number of nitro benzene ring substituents is 2. The van der Waals surface area contributed by atoms with Crippen molar-refractivity contribution in [1.82, 2.24) is 0 Å². The van der Waals surface area contributed by atoms with Crippen molar-refractivity contribution in [3.05, 3.63) is 67.8 Å². The Kier molecular flexibility index (Phi) is 7.99. The molecule has 2 aromatic carbocycles. The number of nitrogens with one attached hydrogen (secondary N) is 1. The Morgan fingerprint density at radius 2 is 1.70 bits per heavy atom. The van der Waals surface area contributed by atoms with E-state index in [0.717, 1.165) is 18.6 Å². The second-order valence-corrected chi connectivity index (χ2v) is 8.92. The van der Waals surface area contributed by atoms with E-state index in [2.05, 4.69) is 0 Å². The van der Waals surface area contributed by atoms with E-state index in [9.17, 15) is 43.0 Å². The van der Waals surface area contributed by atoms with Gasteiger partial charge in [0.15, 0.2) is 6.61 Å². The van der Waals surface area contributed by atoms with Gasteiger partial charge in [-0.2, -0.15) is 13.2 Å². The number of non-ortho nitro benzene ring substituents is 1. The average molecular weight is 524 g/mol. The molecule has 3 rings (SSSR count). The summed E-state index contributed by atoms with van der Waals surface area (Å²) >= 11 is 0. The Morgan fingerprint density at radius 3 is 2.27 bits per heavy atom. The first-order valence-electron chi connectivity index (χ1n) is 11.1. The Bertz CT molecular complexity index is 1230. The molecule has 1 N–H and O–H groups in total. The van der Waals surface area contributed by atoms with Crippen LogP contribution in [0.2, 0.25) is 0 Å². The molecule has 1 fully saturated rings. The number of ether oxygens (including phenoxy) is 1. The van der Waals surface area contributed by atoms with Crippen molar-refractivity contribution in [2.75, 3.05) is 29.9 Å². The molecule has 0 aromatic heterocycles. The highest BCUT2D eigenvalue weighted by molar-refractivity contribution is 5.96. The Morgan fingerprint density at radius 1 is 1.05 bits per heavy atom. The monoisotopic (exact) mass is 524 g/mol. The van der Waals surface area contributed by atoms with Gasteiger partial charge in [-0.1, -0.05) is 13.8 Å². The van der Waals surface area contributed by atoms with Gasteiger partial charge in [0, 0.05) is 31.3 Å². The Balaban J connectivity index is 1.71. The summed E-state index contributed by atoms with van der Waals surface area (Å²) in [7, 11) is 0. The summed E-state index contributed by atoms with van der Waals surface area (Å²) < 4.78 is 44.6. The van der Waals surface area contributed by atoms with Gasteiger partial charge in [-0.15, -0.1) is 0 Å². The molecule has 0 saturated carbocycles. The number of anilines is 2. The van der Waals surface area contributed by atoms with E-state index < -0.39 is 51.4 Å². The third kappa shape index (κ3) is 6.71. The highest BCUT2D eigenvalue weighted by Gasteiger charge is 2.36. The van der Waals surface area contributed by atoms with Gasteiger partial charge in [-0.05, 0) is 36.5 Å². The van der Waals surface area contributed by atoms with E-state index in [1.165, 1.54) is 12.1 Å². The number of carbonyl (C=O) groups excluding carboxylic acids is 2. The van der Waals surface area contributed by atoms with E-state index in [4.69, 9.17) is 4.74 Å². The van der Waals surface area contributed by atoms with Crippen molar-refractivity contribution in [2.45, 2.75) is 26.4 Å². The van der Waals surface area contributed by atoms with Gasteiger partial charge in [-0.25, -0.2) is 4.79 Å². The Hall–Kier alpha value is -4.23. The third-order valence-corrected chi connectivity index (χ3v) is 5.75. The normalized spacial score (nSPS) is 17.7. The smallest absolute Gasteiger partial charge is 0.418 e. The van der Waals surface area contributed by atoms with Crippen molar-refractivity contribution < 1.29 is 37.3 Å². The van der Waals surface area contributed by atoms with Crippen LogP contribution in [0.15, 0.2) is 36.4 Å². The maximum atomic E-state index is 13.3. The summed E-state index contributed by atoms with van der Waals surface area (Å²) in [5.41, 5.74) is -3.22. The van der Waals surface area contributed by atoms with Crippen LogP contribution in [0.1, 0.15) is 36.2 Å². The average Bonchev–Trinajstić information content (AvgIpc) is 2.80. The number of amides is 1. The minimum atomic E-state index is -5.00. The summed E-state index contributed by atoms with van der Waals surface area (Å²) in [6.45, 7) is 4.30. The van der Waals surface area contributed by atoms with Gasteiger partial charge in [0.25, 0.3) is 17.3 Å². The molecule has 0 radical (unpaired) electrons. The molecule has 11 nitrogen and oxygen atoms in total. The topological polar surface area (TPSA) is 145 Å². The predicted octanol–water partition coefficient (Wildman–Crippen LogP) is 4.80. The summed E-state index contributed by atoms with van der Waals surface area (Å²) in [5.74, 6) is -1.60. The maximum Gasteiger partial charge on any atom is 0.418 e. The molecular formula is C23H23F3N4O7. The number of rotatable bonds is 7. The summed E-state index contributed by atoms with van der Waals surface area (Å²) in [4.78, 5) is 47.3. The summed E-state index contributed by atoms with van der Waals surface area (Å²) in [6.07, 6.45) is -4.02. The van der Waals surface area contributed by atoms with Crippen molar-refractivity contribution in [1.29, 1.82) is 0 Å². The molecule has 198 valence electrons. The lowest BCUT2D eigenvalue weighted by atomic mass is 9.91. The molecular weight excluding hydrogens is 501 g/mol. The molecule has 14 heteroatoms. The van der Waals surface area contributed by atoms with Gasteiger partial charge < -0.3 is 15.0 Å². The second kappa shape index (κ2) is 10.8. The second-order valence-electron chi connectivity index (χ2n) is 8.92. The first kappa shape index (κ1) is 27.4. The molecule has 1 aliphatic heterocycles. The van der Waals surface area contributed by atoms with Crippen LogP contribution in [0, 0.1) is 32.1 Å². The van der Waals surface area contributed by atoms with Crippen molar-refractivity contribution in [3.8, 4) is 0 Å². The first-order valence-corrected chi connectivity index (χ1v) is 11.1. The van der Waals surface area contributed by atoms with Crippen LogP contribution in [0.4, 0.5) is 35.9 Å². The van der Waals surface area contributed by atoms with Crippen molar-refractivity contribution in [3.63, 3.8) is 0 Å². The number of esters is 1. The quantitative estimate of drug-likeness (QED) is 0.309. The summed E-state index contributed by atoms with van der Waals surface area (Å²) in [5, 5.41) is 24.4. The fraction of sp³-hybridized carbons (Fsp3) is 0.391. The zero-order chi connectivity index (χ0) is 27.5. The van der Waals surface area contributed by atoms with E-state index in [0.29, 0.717) is 36.7 Å². The van der Waals surface area contributed by atoms with Crippen LogP contribution >= 0.6 is 0 Å². The highest BCUT2D eigenvalue weighted by atomic mass is 19.4. The third-order valence-electron chi connectivity index (χ3n) is 5.75. The molecule has 1 saturated heterocycles. The van der Waals surface area contributed by atoms with Crippen LogP contribution in [-0.4, -0.2) is 41.4 Å². The lowest BCUT2D eigenvalue weighted by Gasteiger charge is -2.36. The first-order chi connectivity index (χ1) is 17.3. The SMILES string of the molecule is CC1CC(C)CN(c2ccc(C(=O)OCC(=O)Nc3ccc([N+](=O)[O-])cc3C(F)(F)F)cc2[N+](=O)[O-])C1. The number of carbonyl (C=O) groups is 2.